The number of benzene rings is 1. The van der Waals surface area contributed by atoms with Gasteiger partial charge in [-0.1, -0.05) is 29.8 Å². The molecule has 10 heteroatoms. The van der Waals surface area contributed by atoms with Crippen molar-refractivity contribution in [3.8, 4) is 11.3 Å². The average Bonchev–Trinajstić information content (AvgIpc) is 3.30. The molecule has 1 aliphatic heterocycles. The SMILES string of the molecule is O=C(C[C@H]1NC(=O)N(Cc2ccccc2Cl)C1=O)Nc1nc(-c2cccnc2)cs1. The van der Waals surface area contributed by atoms with Crippen molar-refractivity contribution in [1.82, 2.24) is 20.2 Å². The summed E-state index contributed by atoms with van der Waals surface area (Å²) in [6.07, 6.45) is 3.16. The van der Waals surface area contributed by atoms with E-state index in [0.29, 0.717) is 21.4 Å². The maximum absolute atomic E-state index is 12.6. The second kappa shape index (κ2) is 8.60. The van der Waals surface area contributed by atoms with Gasteiger partial charge >= 0.3 is 6.03 Å². The standard InChI is InChI=1S/C20H16ClN5O3S/c21-14-6-2-1-4-13(14)10-26-18(28)15(24-20(26)29)8-17(27)25-19-23-16(11-30-19)12-5-3-7-22-9-12/h1-7,9,11,15H,8,10H2,(H,24,29)(H,23,25,27)/t15-/m1/s1. The third kappa shape index (κ3) is 4.32. The number of amides is 4. The molecule has 2 N–H and O–H groups in total. The van der Waals surface area contributed by atoms with Gasteiger partial charge in [0.05, 0.1) is 18.7 Å². The molecular weight excluding hydrogens is 426 g/mol. The Morgan fingerprint density at radius 2 is 2.07 bits per heavy atom. The van der Waals surface area contributed by atoms with Crippen molar-refractivity contribution < 1.29 is 14.4 Å². The van der Waals surface area contributed by atoms with Crippen LogP contribution in [0.4, 0.5) is 9.93 Å². The van der Waals surface area contributed by atoms with Crippen LogP contribution in [0.1, 0.15) is 12.0 Å². The number of imide groups is 1. The molecule has 30 heavy (non-hydrogen) atoms. The van der Waals surface area contributed by atoms with E-state index in [4.69, 9.17) is 11.6 Å². The highest BCUT2D eigenvalue weighted by atomic mass is 35.5. The molecule has 1 saturated heterocycles. The zero-order valence-electron chi connectivity index (χ0n) is 15.5. The minimum atomic E-state index is -0.933. The molecule has 0 unspecified atom stereocenters. The van der Waals surface area contributed by atoms with E-state index >= 15 is 0 Å². The highest BCUT2D eigenvalue weighted by Crippen LogP contribution is 2.25. The van der Waals surface area contributed by atoms with Crippen LogP contribution in [-0.4, -0.2) is 38.8 Å². The second-order valence-electron chi connectivity index (χ2n) is 6.55. The number of carbonyl (C=O) groups is 3. The maximum Gasteiger partial charge on any atom is 0.325 e. The van der Waals surface area contributed by atoms with Gasteiger partial charge in [0.2, 0.25) is 5.91 Å². The lowest BCUT2D eigenvalue weighted by atomic mass is 10.1. The summed E-state index contributed by atoms with van der Waals surface area (Å²) in [5.41, 5.74) is 2.18. The number of hydrogen-bond acceptors (Lipinski definition) is 6. The zero-order chi connectivity index (χ0) is 21.1. The Hall–Kier alpha value is -3.30. The second-order valence-corrected chi connectivity index (χ2v) is 7.82. The minimum absolute atomic E-state index is 0.0450. The van der Waals surface area contributed by atoms with Crippen molar-refractivity contribution in [2.24, 2.45) is 0 Å². The third-order valence-electron chi connectivity index (χ3n) is 4.49. The lowest BCUT2D eigenvalue weighted by Gasteiger charge is -2.14. The number of thiazole rings is 1. The number of urea groups is 1. The van der Waals surface area contributed by atoms with Crippen molar-refractivity contribution in [3.63, 3.8) is 0 Å². The number of halogens is 1. The van der Waals surface area contributed by atoms with Crippen molar-refractivity contribution in [3.05, 3.63) is 64.8 Å². The lowest BCUT2D eigenvalue weighted by molar-refractivity contribution is -0.130. The molecule has 152 valence electrons. The molecule has 1 atom stereocenters. The van der Waals surface area contributed by atoms with Crippen LogP contribution in [0.15, 0.2) is 54.2 Å². The van der Waals surface area contributed by atoms with Gasteiger partial charge in [0.1, 0.15) is 6.04 Å². The molecule has 1 aliphatic rings. The Kier molecular flexibility index (Phi) is 5.73. The van der Waals surface area contributed by atoms with Crippen molar-refractivity contribution in [2.75, 3.05) is 5.32 Å². The molecule has 0 saturated carbocycles. The molecule has 3 heterocycles. The summed E-state index contributed by atoms with van der Waals surface area (Å²) in [4.78, 5) is 46.7. The monoisotopic (exact) mass is 441 g/mol. The van der Waals surface area contributed by atoms with Crippen molar-refractivity contribution in [1.29, 1.82) is 0 Å². The Balaban J connectivity index is 1.37. The predicted octanol–water partition coefficient (Wildman–Crippen LogP) is 3.31. The number of hydrogen-bond donors (Lipinski definition) is 2. The van der Waals surface area contributed by atoms with E-state index in [1.165, 1.54) is 11.3 Å². The van der Waals surface area contributed by atoms with E-state index in [0.717, 1.165) is 10.5 Å². The van der Waals surface area contributed by atoms with E-state index in [2.05, 4.69) is 20.6 Å². The summed E-state index contributed by atoms with van der Waals surface area (Å²) in [6.45, 7) is 0.0450. The summed E-state index contributed by atoms with van der Waals surface area (Å²) in [7, 11) is 0. The zero-order valence-corrected chi connectivity index (χ0v) is 17.1. The van der Waals surface area contributed by atoms with Crippen LogP contribution in [-0.2, 0) is 16.1 Å². The quantitative estimate of drug-likeness (QED) is 0.571. The highest BCUT2D eigenvalue weighted by Gasteiger charge is 2.39. The van der Waals surface area contributed by atoms with E-state index in [1.807, 2.05) is 6.07 Å². The van der Waals surface area contributed by atoms with Crippen LogP contribution in [0.25, 0.3) is 11.3 Å². The largest absolute Gasteiger partial charge is 0.325 e. The maximum atomic E-state index is 12.6. The first-order valence-electron chi connectivity index (χ1n) is 9.02. The number of carbonyl (C=O) groups excluding carboxylic acids is 3. The van der Waals surface area contributed by atoms with Crippen LogP contribution in [0.5, 0.6) is 0 Å². The van der Waals surface area contributed by atoms with Crippen LogP contribution < -0.4 is 10.6 Å². The highest BCUT2D eigenvalue weighted by molar-refractivity contribution is 7.14. The number of aromatic nitrogens is 2. The molecule has 1 aromatic carbocycles. The number of nitrogens with one attached hydrogen (secondary N) is 2. The Labute approximate surface area is 180 Å². The molecule has 4 amide bonds. The summed E-state index contributed by atoms with van der Waals surface area (Å²) >= 11 is 7.38. The first-order valence-corrected chi connectivity index (χ1v) is 10.3. The fourth-order valence-electron chi connectivity index (χ4n) is 3.00. The Morgan fingerprint density at radius 3 is 2.83 bits per heavy atom. The third-order valence-corrected chi connectivity index (χ3v) is 5.62. The number of rotatable bonds is 6. The Bertz CT molecular complexity index is 1100. The van der Waals surface area contributed by atoms with Gasteiger partial charge in [-0.15, -0.1) is 11.3 Å². The molecule has 0 aliphatic carbocycles. The summed E-state index contributed by atoms with van der Waals surface area (Å²) < 4.78 is 0. The van der Waals surface area contributed by atoms with Gasteiger partial charge in [-0.2, -0.15) is 0 Å². The molecule has 0 spiro atoms. The van der Waals surface area contributed by atoms with E-state index in [-0.39, 0.29) is 13.0 Å². The molecule has 8 nitrogen and oxygen atoms in total. The van der Waals surface area contributed by atoms with Crippen LogP contribution in [0.2, 0.25) is 5.02 Å². The van der Waals surface area contributed by atoms with Crippen molar-refractivity contribution in [2.45, 2.75) is 19.0 Å². The molecule has 4 rings (SSSR count). The normalized spacial score (nSPS) is 15.9. The molecule has 1 fully saturated rings. The van der Waals surface area contributed by atoms with Gasteiger partial charge in [-0.3, -0.25) is 19.5 Å². The van der Waals surface area contributed by atoms with Gasteiger partial charge in [0, 0.05) is 28.4 Å². The summed E-state index contributed by atoms with van der Waals surface area (Å²) in [5.74, 6) is -0.884. The van der Waals surface area contributed by atoms with E-state index < -0.39 is 23.9 Å². The van der Waals surface area contributed by atoms with Gasteiger partial charge < -0.3 is 10.6 Å². The van der Waals surface area contributed by atoms with Crippen LogP contribution in [0.3, 0.4) is 0 Å². The molecule has 0 radical (unpaired) electrons. The van der Waals surface area contributed by atoms with Crippen molar-refractivity contribution >= 4 is 45.9 Å². The first kappa shape index (κ1) is 20.0. The molecule has 2 aromatic heterocycles. The van der Waals surface area contributed by atoms with Gasteiger partial charge in [-0.05, 0) is 23.8 Å². The fraction of sp³-hybridized carbons (Fsp3) is 0.150. The predicted molar refractivity (Wildman–Crippen MR) is 113 cm³/mol. The Morgan fingerprint density at radius 1 is 1.23 bits per heavy atom. The van der Waals surface area contributed by atoms with E-state index in [1.54, 1.807) is 48.1 Å². The molecule has 0 bridgehead atoms. The first-order chi connectivity index (χ1) is 14.5. The average molecular weight is 442 g/mol. The molecule has 3 aromatic rings. The van der Waals surface area contributed by atoms with E-state index in [9.17, 15) is 14.4 Å². The number of anilines is 1. The molecular formula is C20H16ClN5O3S. The minimum Gasteiger partial charge on any atom is -0.325 e. The number of nitrogens with zero attached hydrogens (tertiary/aromatic N) is 3. The summed E-state index contributed by atoms with van der Waals surface area (Å²) in [6, 6.07) is 9.16. The summed E-state index contributed by atoms with van der Waals surface area (Å²) in [5, 5.41) is 7.90. The lowest BCUT2D eigenvalue weighted by Crippen LogP contribution is -2.34. The van der Waals surface area contributed by atoms with Gasteiger partial charge in [-0.25, -0.2) is 9.78 Å². The van der Waals surface area contributed by atoms with Gasteiger partial charge in [0.25, 0.3) is 5.91 Å². The smallest absolute Gasteiger partial charge is 0.325 e. The fourth-order valence-corrected chi connectivity index (χ4v) is 3.93. The number of pyridine rings is 1. The van der Waals surface area contributed by atoms with Gasteiger partial charge in [0.15, 0.2) is 5.13 Å². The van der Waals surface area contributed by atoms with Crippen LogP contribution in [0, 0.1) is 0 Å². The van der Waals surface area contributed by atoms with Crippen LogP contribution >= 0.6 is 22.9 Å². The topological polar surface area (TPSA) is 104 Å².